The zero-order valence-corrected chi connectivity index (χ0v) is 17.1. The normalized spacial score (nSPS) is 19.3. The molecule has 0 N–H and O–H groups in total. The highest BCUT2D eigenvalue weighted by molar-refractivity contribution is 5.94. The molecule has 0 saturated carbocycles. The van der Waals surface area contributed by atoms with E-state index >= 15 is 0 Å². The summed E-state index contributed by atoms with van der Waals surface area (Å²) in [5, 5.41) is 2.43. The van der Waals surface area contributed by atoms with Crippen LogP contribution in [-0.2, 0) is 0 Å². The first kappa shape index (κ1) is 18.1. The van der Waals surface area contributed by atoms with Gasteiger partial charge in [-0.15, -0.1) is 0 Å². The van der Waals surface area contributed by atoms with Crippen LogP contribution in [0.1, 0.15) is 49.3 Å². The van der Waals surface area contributed by atoms with Gasteiger partial charge >= 0.3 is 0 Å². The van der Waals surface area contributed by atoms with Crippen LogP contribution >= 0.6 is 0 Å². The van der Waals surface area contributed by atoms with Crippen molar-refractivity contribution in [1.29, 1.82) is 0 Å². The summed E-state index contributed by atoms with van der Waals surface area (Å²) in [6.07, 6.45) is 11.1. The highest BCUT2D eigenvalue weighted by Gasteiger charge is 2.42. The Bertz CT molecular complexity index is 1140. The topological polar surface area (TPSA) is 18.5 Å². The molecule has 146 valence electrons. The molecule has 0 radical (unpaired) electrons. The van der Waals surface area contributed by atoms with Gasteiger partial charge in [0.05, 0.1) is 0 Å². The first-order valence-corrected chi connectivity index (χ1v) is 10.6. The third-order valence-corrected chi connectivity index (χ3v) is 5.92. The standard InChI is InChI=1S/C27H26O2/c1-3-4-5-9-22-18-21-17-19(2)11-13-25(21)28-27(22)16-15-24-23-10-7-6-8-20(23)12-14-26(24)29-27/h6-8,10-18H,3-5,9H2,1-2H3. The lowest BCUT2D eigenvalue weighted by molar-refractivity contribution is -0.0437. The Kier molecular flexibility index (Phi) is 4.43. The number of hydrogen-bond acceptors (Lipinski definition) is 2. The molecule has 2 aliphatic heterocycles. The molecule has 2 heterocycles. The molecule has 0 bridgehead atoms. The number of hydrogen-bond donors (Lipinski definition) is 0. The molecule has 3 aromatic carbocycles. The summed E-state index contributed by atoms with van der Waals surface area (Å²) >= 11 is 0. The van der Waals surface area contributed by atoms with Crippen LogP contribution in [0.15, 0.2) is 66.2 Å². The average Bonchev–Trinajstić information content (AvgIpc) is 2.74. The Labute approximate surface area is 172 Å². The molecular weight excluding hydrogens is 356 g/mol. The van der Waals surface area contributed by atoms with E-state index in [4.69, 9.17) is 9.47 Å². The van der Waals surface area contributed by atoms with Crippen molar-refractivity contribution in [2.75, 3.05) is 0 Å². The molecule has 29 heavy (non-hydrogen) atoms. The van der Waals surface area contributed by atoms with Crippen LogP contribution in [0.4, 0.5) is 0 Å². The molecule has 1 spiro atoms. The molecule has 2 heteroatoms. The molecule has 1 atom stereocenters. The van der Waals surface area contributed by atoms with Crippen LogP contribution in [0.2, 0.25) is 0 Å². The van der Waals surface area contributed by atoms with E-state index in [-0.39, 0.29) is 0 Å². The molecule has 0 saturated heterocycles. The number of fused-ring (bicyclic) bond motifs is 4. The van der Waals surface area contributed by atoms with E-state index in [9.17, 15) is 0 Å². The van der Waals surface area contributed by atoms with E-state index in [1.165, 1.54) is 34.8 Å². The Hall–Kier alpha value is -3.00. The molecule has 5 rings (SSSR count). The Balaban J connectivity index is 1.59. The summed E-state index contributed by atoms with van der Waals surface area (Å²) in [5.74, 6) is 0.901. The molecule has 0 aliphatic carbocycles. The molecule has 0 aromatic heterocycles. The number of unbranched alkanes of at least 4 members (excludes halogenated alkanes) is 2. The van der Waals surface area contributed by atoms with Crippen molar-refractivity contribution in [3.63, 3.8) is 0 Å². The lowest BCUT2D eigenvalue weighted by Gasteiger charge is -2.40. The van der Waals surface area contributed by atoms with E-state index < -0.39 is 5.79 Å². The fraction of sp³-hybridized carbons (Fsp3) is 0.259. The van der Waals surface area contributed by atoms with Crippen molar-refractivity contribution in [2.45, 2.75) is 45.3 Å². The summed E-state index contributed by atoms with van der Waals surface area (Å²) in [4.78, 5) is 0. The molecule has 1 unspecified atom stereocenters. The van der Waals surface area contributed by atoms with Gasteiger partial charge in [0.2, 0.25) is 0 Å². The molecule has 2 aliphatic rings. The van der Waals surface area contributed by atoms with Gasteiger partial charge in [0.25, 0.3) is 5.79 Å². The van der Waals surface area contributed by atoms with Gasteiger partial charge < -0.3 is 9.47 Å². The van der Waals surface area contributed by atoms with Gasteiger partial charge in [0.15, 0.2) is 0 Å². The Morgan fingerprint density at radius 1 is 0.897 bits per heavy atom. The van der Waals surface area contributed by atoms with Gasteiger partial charge in [0.1, 0.15) is 11.5 Å². The predicted molar refractivity (Wildman–Crippen MR) is 120 cm³/mol. The fourth-order valence-corrected chi connectivity index (χ4v) is 4.36. The minimum atomic E-state index is -0.856. The molecule has 0 fully saturated rings. The lowest BCUT2D eigenvalue weighted by atomic mass is 9.90. The summed E-state index contributed by atoms with van der Waals surface area (Å²) in [5.41, 5.74) is 4.70. The molecular formula is C27H26O2. The SMILES string of the molecule is CCCCCC1=Cc2cc(C)ccc2OC12C=Cc1c(ccc3ccccc13)O2. The van der Waals surface area contributed by atoms with E-state index in [0.717, 1.165) is 35.5 Å². The van der Waals surface area contributed by atoms with Crippen LogP contribution in [0.5, 0.6) is 11.5 Å². The number of ether oxygens (including phenoxy) is 2. The highest BCUT2D eigenvalue weighted by Crippen LogP contribution is 2.45. The number of benzene rings is 3. The molecule has 3 aromatic rings. The van der Waals surface area contributed by atoms with Gasteiger partial charge in [0, 0.05) is 22.8 Å². The molecule has 0 amide bonds. The second kappa shape index (κ2) is 7.11. The average molecular weight is 383 g/mol. The van der Waals surface area contributed by atoms with Crippen molar-refractivity contribution in [3.8, 4) is 11.5 Å². The lowest BCUT2D eigenvalue weighted by Crippen LogP contribution is -2.45. The first-order valence-electron chi connectivity index (χ1n) is 10.6. The predicted octanol–water partition coefficient (Wildman–Crippen LogP) is 7.31. The maximum Gasteiger partial charge on any atom is 0.294 e. The fourth-order valence-electron chi connectivity index (χ4n) is 4.36. The first-order chi connectivity index (χ1) is 14.2. The van der Waals surface area contributed by atoms with Gasteiger partial charge in [-0.25, -0.2) is 0 Å². The van der Waals surface area contributed by atoms with E-state index in [1.54, 1.807) is 0 Å². The summed E-state index contributed by atoms with van der Waals surface area (Å²) < 4.78 is 13.2. The van der Waals surface area contributed by atoms with Crippen LogP contribution in [0, 0.1) is 6.92 Å². The second-order valence-electron chi connectivity index (χ2n) is 8.07. The van der Waals surface area contributed by atoms with Crippen molar-refractivity contribution >= 4 is 22.9 Å². The summed E-state index contributed by atoms with van der Waals surface area (Å²) in [6.45, 7) is 4.35. The van der Waals surface area contributed by atoms with E-state index in [2.05, 4.69) is 86.7 Å². The number of aryl methyl sites for hydroxylation is 1. The maximum atomic E-state index is 6.62. The minimum absolute atomic E-state index is 0.856. The van der Waals surface area contributed by atoms with Crippen molar-refractivity contribution in [1.82, 2.24) is 0 Å². The van der Waals surface area contributed by atoms with Crippen molar-refractivity contribution in [3.05, 3.63) is 82.9 Å². The third-order valence-electron chi connectivity index (χ3n) is 5.92. The zero-order chi connectivity index (χ0) is 19.8. The Morgan fingerprint density at radius 2 is 1.72 bits per heavy atom. The van der Waals surface area contributed by atoms with Gasteiger partial charge in [-0.3, -0.25) is 0 Å². The van der Waals surface area contributed by atoms with Gasteiger partial charge in [-0.1, -0.05) is 61.7 Å². The zero-order valence-electron chi connectivity index (χ0n) is 17.1. The minimum Gasteiger partial charge on any atom is -0.444 e. The van der Waals surface area contributed by atoms with E-state index in [1.807, 2.05) is 0 Å². The van der Waals surface area contributed by atoms with Crippen LogP contribution in [-0.4, -0.2) is 5.79 Å². The second-order valence-corrected chi connectivity index (χ2v) is 8.07. The summed E-state index contributed by atoms with van der Waals surface area (Å²) in [6, 6.07) is 19.0. The van der Waals surface area contributed by atoms with Crippen LogP contribution in [0.25, 0.3) is 22.9 Å². The van der Waals surface area contributed by atoms with Crippen LogP contribution in [0.3, 0.4) is 0 Å². The highest BCUT2D eigenvalue weighted by atomic mass is 16.7. The third kappa shape index (κ3) is 3.13. The van der Waals surface area contributed by atoms with Gasteiger partial charge in [-0.2, -0.15) is 0 Å². The van der Waals surface area contributed by atoms with Crippen molar-refractivity contribution < 1.29 is 9.47 Å². The number of rotatable bonds is 4. The van der Waals surface area contributed by atoms with E-state index in [0.29, 0.717) is 0 Å². The van der Waals surface area contributed by atoms with Crippen molar-refractivity contribution in [2.24, 2.45) is 0 Å². The summed E-state index contributed by atoms with van der Waals surface area (Å²) in [7, 11) is 0. The maximum absolute atomic E-state index is 6.62. The quantitative estimate of drug-likeness (QED) is 0.441. The monoisotopic (exact) mass is 382 g/mol. The smallest absolute Gasteiger partial charge is 0.294 e. The molecule has 2 nitrogen and oxygen atoms in total. The largest absolute Gasteiger partial charge is 0.444 e. The van der Waals surface area contributed by atoms with Gasteiger partial charge in [-0.05, 0) is 60.9 Å². The van der Waals surface area contributed by atoms with Crippen LogP contribution < -0.4 is 9.47 Å². The Morgan fingerprint density at radius 3 is 2.62 bits per heavy atom.